The van der Waals surface area contributed by atoms with Crippen molar-refractivity contribution in [1.82, 2.24) is 0 Å². The summed E-state index contributed by atoms with van der Waals surface area (Å²) in [6, 6.07) is 5.40. The van der Waals surface area contributed by atoms with Gasteiger partial charge in [-0.05, 0) is 24.6 Å². The molecule has 1 amide bonds. The number of carbonyl (C=O) groups is 2. The second kappa shape index (κ2) is 4.37. The van der Waals surface area contributed by atoms with E-state index in [4.69, 9.17) is 5.73 Å². The molecule has 1 aromatic rings. The van der Waals surface area contributed by atoms with E-state index in [9.17, 15) is 9.59 Å². The highest BCUT2D eigenvalue weighted by molar-refractivity contribution is 5.92. The monoisotopic (exact) mass is 189 g/mol. The zero-order chi connectivity index (χ0) is 10.6. The predicted octanol–water partition coefficient (Wildman–Crippen LogP) is 1.31. The molecule has 0 bridgehead atoms. The van der Waals surface area contributed by atoms with Crippen LogP contribution in [0.1, 0.15) is 21.5 Å². The zero-order valence-electron chi connectivity index (χ0n) is 7.86. The van der Waals surface area contributed by atoms with Gasteiger partial charge in [-0.15, -0.1) is 0 Å². The van der Waals surface area contributed by atoms with Crippen molar-refractivity contribution in [3.05, 3.63) is 41.0 Å². The molecule has 0 aliphatic heterocycles. The van der Waals surface area contributed by atoms with E-state index in [1.165, 1.54) is 12.2 Å². The van der Waals surface area contributed by atoms with E-state index in [2.05, 4.69) is 0 Å². The number of primary amides is 1. The number of benzene rings is 1. The molecule has 0 aliphatic rings. The number of hydrogen-bond acceptors (Lipinski definition) is 2. The van der Waals surface area contributed by atoms with Crippen LogP contribution in [0.3, 0.4) is 0 Å². The molecule has 0 heterocycles. The van der Waals surface area contributed by atoms with Crippen LogP contribution in [0.15, 0.2) is 24.3 Å². The molecule has 0 aromatic heterocycles. The Morgan fingerprint density at radius 1 is 1.36 bits per heavy atom. The first-order valence-electron chi connectivity index (χ1n) is 4.17. The molecule has 0 atom stereocenters. The Morgan fingerprint density at radius 2 is 2.07 bits per heavy atom. The van der Waals surface area contributed by atoms with Crippen LogP contribution in [0.4, 0.5) is 0 Å². The maximum atomic E-state index is 10.7. The highest BCUT2D eigenvalue weighted by atomic mass is 16.1. The van der Waals surface area contributed by atoms with E-state index in [1.54, 1.807) is 12.1 Å². The Balaban J connectivity index is 3.08. The number of rotatable bonds is 3. The fourth-order valence-electron chi connectivity index (χ4n) is 1.12. The summed E-state index contributed by atoms with van der Waals surface area (Å²) in [7, 11) is 0. The second-order valence-electron chi connectivity index (χ2n) is 2.99. The summed E-state index contributed by atoms with van der Waals surface area (Å²) in [5, 5.41) is 0. The van der Waals surface area contributed by atoms with Gasteiger partial charge in [-0.2, -0.15) is 0 Å². The number of aldehydes is 1. The number of hydrogen-bond donors (Lipinski definition) is 1. The van der Waals surface area contributed by atoms with Gasteiger partial charge in [-0.1, -0.05) is 17.7 Å². The Labute approximate surface area is 82.2 Å². The summed E-state index contributed by atoms with van der Waals surface area (Å²) in [6.45, 7) is 1.90. The van der Waals surface area contributed by atoms with Gasteiger partial charge in [0.1, 0.15) is 0 Å². The SMILES string of the molecule is Cc1ccc(C=CC(N)=O)c(C=O)c1. The van der Waals surface area contributed by atoms with Gasteiger partial charge in [-0.25, -0.2) is 0 Å². The third kappa shape index (κ3) is 2.55. The summed E-state index contributed by atoms with van der Waals surface area (Å²) in [6.07, 6.45) is 3.52. The van der Waals surface area contributed by atoms with Gasteiger partial charge in [0.2, 0.25) is 5.91 Å². The molecule has 1 rings (SSSR count). The molecule has 3 heteroatoms. The standard InChI is InChI=1S/C11H11NO2/c1-8-2-3-9(4-5-11(12)14)10(6-8)7-13/h2-7H,1H3,(H2,12,14). The Morgan fingerprint density at radius 3 is 2.64 bits per heavy atom. The van der Waals surface area contributed by atoms with E-state index < -0.39 is 5.91 Å². The fraction of sp³-hybridized carbons (Fsp3) is 0.0909. The van der Waals surface area contributed by atoms with Crippen LogP contribution in [-0.2, 0) is 4.79 Å². The summed E-state index contributed by atoms with van der Waals surface area (Å²) < 4.78 is 0. The molecular formula is C11H11NO2. The zero-order valence-corrected chi connectivity index (χ0v) is 7.86. The molecule has 1 aromatic carbocycles. The first-order valence-corrected chi connectivity index (χ1v) is 4.17. The maximum absolute atomic E-state index is 10.7. The van der Waals surface area contributed by atoms with Crippen molar-refractivity contribution in [3.63, 3.8) is 0 Å². The largest absolute Gasteiger partial charge is 0.366 e. The van der Waals surface area contributed by atoms with Gasteiger partial charge in [0.05, 0.1) is 0 Å². The Bertz CT molecular complexity index is 394. The normalized spacial score (nSPS) is 10.4. The molecule has 2 N–H and O–H groups in total. The van der Waals surface area contributed by atoms with E-state index in [0.29, 0.717) is 11.1 Å². The van der Waals surface area contributed by atoms with Crippen LogP contribution in [0, 0.1) is 6.92 Å². The molecule has 0 radical (unpaired) electrons. The van der Waals surface area contributed by atoms with E-state index in [-0.39, 0.29) is 0 Å². The number of amides is 1. The average Bonchev–Trinajstić information content (AvgIpc) is 2.15. The summed E-state index contributed by atoms with van der Waals surface area (Å²) >= 11 is 0. The number of nitrogens with two attached hydrogens (primary N) is 1. The van der Waals surface area contributed by atoms with Crippen LogP contribution in [0.25, 0.3) is 6.08 Å². The van der Waals surface area contributed by atoms with Crippen LogP contribution < -0.4 is 5.73 Å². The average molecular weight is 189 g/mol. The van der Waals surface area contributed by atoms with E-state index >= 15 is 0 Å². The lowest BCUT2D eigenvalue weighted by molar-refractivity contribution is -0.113. The lowest BCUT2D eigenvalue weighted by atomic mass is 10.1. The highest BCUT2D eigenvalue weighted by Gasteiger charge is 1.98. The predicted molar refractivity (Wildman–Crippen MR) is 54.8 cm³/mol. The van der Waals surface area contributed by atoms with Crippen molar-refractivity contribution in [3.8, 4) is 0 Å². The highest BCUT2D eigenvalue weighted by Crippen LogP contribution is 2.11. The van der Waals surface area contributed by atoms with E-state index in [1.807, 2.05) is 13.0 Å². The second-order valence-corrected chi connectivity index (χ2v) is 2.99. The number of carbonyl (C=O) groups excluding carboxylic acids is 2. The van der Waals surface area contributed by atoms with Crippen molar-refractivity contribution in [2.24, 2.45) is 5.73 Å². The van der Waals surface area contributed by atoms with E-state index in [0.717, 1.165) is 11.8 Å². The molecule has 0 unspecified atom stereocenters. The lowest BCUT2D eigenvalue weighted by Gasteiger charge is -1.99. The maximum Gasteiger partial charge on any atom is 0.241 e. The molecule has 0 fully saturated rings. The summed E-state index contributed by atoms with van der Waals surface area (Å²) in [4.78, 5) is 21.2. The molecule has 72 valence electrons. The fourth-order valence-corrected chi connectivity index (χ4v) is 1.12. The van der Waals surface area contributed by atoms with Crippen LogP contribution in [0.2, 0.25) is 0 Å². The first kappa shape index (κ1) is 10.2. The van der Waals surface area contributed by atoms with Gasteiger partial charge in [0, 0.05) is 11.6 Å². The van der Waals surface area contributed by atoms with Crippen LogP contribution >= 0.6 is 0 Å². The van der Waals surface area contributed by atoms with Crippen LogP contribution in [0.5, 0.6) is 0 Å². The first-order chi connectivity index (χ1) is 6.63. The Kier molecular flexibility index (Phi) is 3.18. The molecule has 0 aliphatic carbocycles. The third-order valence-corrected chi connectivity index (χ3v) is 1.80. The minimum absolute atomic E-state index is 0.526. The topological polar surface area (TPSA) is 60.2 Å². The van der Waals surface area contributed by atoms with Crippen molar-refractivity contribution in [2.45, 2.75) is 6.92 Å². The summed E-state index contributed by atoms with van der Waals surface area (Å²) in [5.41, 5.74) is 7.21. The quantitative estimate of drug-likeness (QED) is 0.575. The Hall–Kier alpha value is -1.90. The van der Waals surface area contributed by atoms with Gasteiger partial charge in [0.15, 0.2) is 6.29 Å². The molecule has 0 spiro atoms. The molecule has 14 heavy (non-hydrogen) atoms. The smallest absolute Gasteiger partial charge is 0.241 e. The van der Waals surface area contributed by atoms with Gasteiger partial charge >= 0.3 is 0 Å². The van der Waals surface area contributed by atoms with Gasteiger partial charge in [0.25, 0.3) is 0 Å². The third-order valence-electron chi connectivity index (χ3n) is 1.80. The van der Waals surface area contributed by atoms with Gasteiger partial charge < -0.3 is 5.73 Å². The minimum atomic E-state index is -0.526. The molecule has 3 nitrogen and oxygen atoms in total. The molecular weight excluding hydrogens is 178 g/mol. The van der Waals surface area contributed by atoms with Crippen molar-refractivity contribution >= 4 is 18.3 Å². The van der Waals surface area contributed by atoms with Crippen molar-refractivity contribution in [2.75, 3.05) is 0 Å². The number of aryl methyl sites for hydroxylation is 1. The van der Waals surface area contributed by atoms with Crippen molar-refractivity contribution < 1.29 is 9.59 Å². The lowest BCUT2D eigenvalue weighted by Crippen LogP contribution is -2.05. The molecule has 0 saturated carbocycles. The van der Waals surface area contributed by atoms with Gasteiger partial charge in [-0.3, -0.25) is 9.59 Å². The molecule has 0 saturated heterocycles. The van der Waals surface area contributed by atoms with Crippen LogP contribution in [-0.4, -0.2) is 12.2 Å². The van der Waals surface area contributed by atoms with Crippen molar-refractivity contribution in [1.29, 1.82) is 0 Å². The summed E-state index contributed by atoms with van der Waals surface area (Å²) in [5.74, 6) is -0.526. The minimum Gasteiger partial charge on any atom is -0.366 e.